The largest absolute Gasteiger partial charge is 0.434 e. The number of alkyl halides is 12. The van der Waals surface area contributed by atoms with Crippen LogP contribution in [0.25, 0.3) is 0 Å². The predicted molar refractivity (Wildman–Crippen MR) is 37.8 cm³/mol. The van der Waals surface area contributed by atoms with Crippen molar-refractivity contribution in [3.8, 4) is 0 Å². The lowest BCUT2D eigenvalue weighted by molar-refractivity contribution is -0.384. The van der Waals surface area contributed by atoms with Gasteiger partial charge in [0.25, 0.3) is 5.67 Å². The van der Waals surface area contributed by atoms with E-state index in [1.54, 1.807) is 0 Å². The van der Waals surface area contributed by atoms with E-state index in [2.05, 4.69) is 0 Å². The van der Waals surface area contributed by atoms with E-state index in [0.29, 0.717) is 0 Å². The van der Waals surface area contributed by atoms with Crippen LogP contribution in [0.5, 0.6) is 0 Å². The van der Waals surface area contributed by atoms with Gasteiger partial charge in [-0.3, -0.25) is 0 Å². The Labute approximate surface area is 102 Å². The highest BCUT2D eigenvalue weighted by molar-refractivity contribution is 5.11. The summed E-state index contributed by atoms with van der Waals surface area (Å²) in [5.74, 6) is 0. The number of aliphatic hydroxyl groups is 1. The molecule has 0 aromatic carbocycles. The summed E-state index contributed by atoms with van der Waals surface area (Å²) in [5.41, 5.74) is -13.2. The lowest BCUT2D eigenvalue weighted by Gasteiger charge is -2.39. The minimum Gasteiger partial charge on any atom is -0.393 e. The van der Waals surface area contributed by atoms with Crippen molar-refractivity contribution in [3.05, 3.63) is 0 Å². The lowest BCUT2D eigenvalue weighted by Crippen LogP contribution is -2.69. The second kappa shape index (κ2) is 4.84. The first-order valence-electron chi connectivity index (χ1n) is 4.29. The van der Waals surface area contributed by atoms with Crippen molar-refractivity contribution in [2.75, 3.05) is 6.61 Å². The van der Waals surface area contributed by atoms with Crippen LogP contribution in [0.3, 0.4) is 0 Å². The van der Waals surface area contributed by atoms with Crippen LogP contribution in [-0.4, -0.2) is 47.8 Å². The first kappa shape index (κ1) is 19.1. The fourth-order valence-corrected chi connectivity index (χ4v) is 1.08. The number of hydrogen-bond donors (Lipinski definition) is 1. The molecule has 0 unspecified atom stereocenters. The van der Waals surface area contributed by atoms with E-state index in [-0.39, 0.29) is 0 Å². The Balaban J connectivity index is 6.13. The highest BCUT2D eigenvalue weighted by atomic mass is 19.4. The molecule has 0 rings (SSSR count). The molecule has 0 heterocycles. The van der Waals surface area contributed by atoms with Gasteiger partial charge in [0.1, 0.15) is 0 Å². The zero-order valence-corrected chi connectivity index (χ0v) is 8.77. The van der Waals surface area contributed by atoms with E-state index < -0.39 is 42.6 Å². The number of aliphatic hydroxyl groups excluding tert-OH is 1. The van der Waals surface area contributed by atoms with Gasteiger partial charge in [-0.2, -0.15) is 39.5 Å². The van der Waals surface area contributed by atoms with E-state index in [4.69, 9.17) is 5.11 Å². The van der Waals surface area contributed by atoms with Gasteiger partial charge in [0, 0.05) is 0 Å². The minimum absolute atomic E-state index is 3.17. The molecule has 0 bridgehead atoms. The molecule has 0 aliphatic heterocycles. The molecule has 0 saturated heterocycles. The average Bonchev–Trinajstić information content (AvgIpc) is 2.20. The summed E-state index contributed by atoms with van der Waals surface area (Å²) in [5, 5.41) is 7.95. The summed E-state index contributed by atoms with van der Waals surface area (Å²) >= 11 is 0. The van der Waals surface area contributed by atoms with Gasteiger partial charge in [-0.15, -0.1) is 0 Å². The van der Waals surface area contributed by atoms with Gasteiger partial charge >= 0.3 is 24.2 Å². The molecular formula is C7H4F12O. The van der Waals surface area contributed by atoms with E-state index in [9.17, 15) is 52.7 Å². The molecule has 13 heteroatoms. The Hall–Kier alpha value is -0.880. The van der Waals surface area contributed by atoms with E-state index in [1.165, 1.54) is 0 Å². The summed E-state index contributed by atoms with van der Waals surface area (Å²) < 4.78 is 147. The van der Waals surface area contributed by atoms with Gasteiger partial charge in [-0.05, 0) is 0 Å². The first-order chi connectivity index (χ1) is 8.47. The Morgan fingerprint density at radius 3 is 1.10 bits per heavy atom. The highest BCUT2D eigenvalue weighted by Crippen LogP contribution is 2.54. The molecule has 2 atom stereocenters. The van der Waals surface area contributed by atoms with Crippen molar-refractivity contribution in [2.45, 2.75) is 36.0 Å². The quantitative estimate of drug-likeness (QED) is 0.786. The molecule has 0 radical (unpaired) electrons. The van der Waals surface area contributed by atoms with Crippen molar-refractivity contribution in [1.82, 2.24) is 0 Å². The molecule has 1 N–H and O–H groups in total. The van der Waals surface area contributed by atoms with Crippen LogP contribution in [0.4, 0.5) is 52.7 Å². The molecule has 1 nitrogen and oxygen atoms in total. The molecule has 0 fully saturated rings. The molecule has 0 saturated carbocycles. The summed E-state index contributed by atoms with van der Waals surface area (Å²) in [6.45, 7) is -3.17. The Morgan fingerprint density at radius 2 is 0.950 bits per heavy atom. The van der Waals surface area contributed by atoms with Crippen LogP contribution in [0, 0.1) is 0 Å². The van der Waals surface area contributed by atoms with E-state index in [0.717, 1.165) is 0 Å². The third-order valence-corrected chi connectivity index (χ3v) is 2.28. The van der Waals surface area contributed by atoms with Crippen LogP contribution < -0.4 is 0 Å². The Kier molecular flexibility index (Phi) is 4.63. The van der Waals surface area contributed by atoms with Crippen LogP contribution in [0.1, 0.15) is 0 Å². The van der Waals surface area contributed by atoms with Crippen molar-refractivity contribution in [1.29, 1.82) is 0 Å². The highest BCUT2D eigenvalue weighted by Gasteiger charge is 2.83. The predicted octanol–water partition coefficient (Wildman–Crippen LogP) is 3.42. The molecular weight excluding hydrogens is 328 g/mol. The zero-order valence-electron chi connectivity index (χ0n) is 8.77. The fourth-order valence-electron chi connectivity index (χ4n) is 1.08. The zero-order chi connectivity index (χ0) is 16.8. The van der Waals surface area contributed by atoms with Gasteiger partial charge in [0.2, 0.25) is 0 Å². The monoisotopic (exact) mass is 332 g/mol. The van der Waals surface area contributed by atoms with Crippen LogP contribution in [0.15, 0.2) is 0 Å². The summed E-state index contributed by atoms with van der Waals surface area (Å²) in [4.78, 5) is 0. The van der Waals surface area contributed by atoms with Crippen LogP contribution in [0.2, 0.25) is 0 Å². The van der Waals surface area contributed by atoms with Gasteiger partial charge in [0.05, 0.1) is 6.61 Å². The van der Waals surface area contributed by atoms with Crippen molar-refractivity contribution < 1.29 is 57.8 Å². The second-order valence-corrected chi connectivity index (χ2v) is 3.59. The summed E-state index contributed by atoms with van der Waals surface area (Å²) in [6, 6.07) is 0. The van der Waals surface area contributed by atoms with Crippen LogP contribution in [-0.2, 0) is 0 Å². The van der Waals surface area contributed by atoms with Gasteiger partial charge in [0.15, 0.2) is 6.17 Å². The molecule has 0 spiro atoms. The smallest absolute Gasteiger partial charge is 0.393 e. The second-order valence-electron chi connectivity index (χ2n) is 3.59. The topological polar surface area (TPSA) is 20.2 Å². The van der Waals surface area contributed by atoms with Crippen LogP contribution >= 0.6 is 0 Å². The van der Waals surface area contributed by atoms with Gasteiger partial charge in [-0.1, -0.05) is 0 Å². The molecule has 0 aromatic rings. The maximum Gasteiger partial charge on any atom is 0.434 e. The molecule has 0 aliphatic carbocycles. The Bertz CT molecular complexity index is 325. The third-order valence-electron chi connectivity index (χ3n) is 2.28. The lowest BCUT2D eigenvalue weighted by atomic mass is 9.86. The van der Waals surface area contributed by atoms with Crippen molar-refractivity contribution >= 4 is 0 Å². The molecule has 0 amide bonds. The average molecular weight is 332 g/mol. The number of halogens is 12. The molecule has 122 valence electrons. The van der Waals surface area contributed by atoms with Crippen molar-refractivity contribution in [2.24, 2.45) is 0 Å². The normalized spacial score (nSPS) is 19.6. The fraction of sp³-hybridized carbons (Fsp3) is 1.00. The third kappa shape index (κ3) is 2.63. The maximum absolute atomic E-state index is 13.0. The van der Waals surface area contributed by atoms with Gasteiger partial charge < -0.3 is 5.11 Å². The van der Waals surface area contributed by atoms with E-state index >= 15 is 0 Å². The standard InChI is InChI=1S/C7H4F12O/c8-2(3(9,1-20)5(11,12)13)4(10,6(14,15)16)7(17,18)19/h2,20H,1H2/t2-,3-/m1/s1. The Morgan fingerprint density at radius 1 is 0.650 bits per heavy atom. The summed E-state index contributed by atoms with van der Waals surface area (Å²) in [6.07, 6.45) is -27.0. The molecule has 20 heavy (non-hydrogen) atoms. The first-order valence-corrected chi connectivity index (χ1v) is 4.29. The molecule has 0 aliphatic rings. The maximum atomic E-state index is 13.0. The SMILES string of the molecule is OC[C@@](F)([C@@H](F)C(F)(C(F)(F)F)C(F)(F)F)C(F)(F)F. The number of hydrogen-bond acceptors (Lipinski definition) is 1. The summed E-state index contributed by atoms with van der Waals surface area (Å²) in [7, 11) is 0. The van der Waals surface area contributed by atoms with E-state index in [1.807, 2.05) is 0 Å². The minimum atomic E-state index is -7.23. The number of rotatable bonds is 3. The van der Waals surface area contributed by atoms with Gasteiger partial charge in [-0.25, -0.2) is 13.2 Å². The molecule has 0 aromatic heterocycles. The van der Waals surface area contributed by atoms with Crippen molar-refractivity contribution in [3.63, 3.8) is 0 Å².